The molecule has 0 bridgehead atoms. The third-order valence-electron chi connectivity index (χ3n) is 5.16. The van der Waals surface area contributed by atoms with E-state index in [2.05, 4.69) is 48.7 Å². The van der Waals surface area contributed by atoms with Crippen LogP contribution in [0.15, 0.2) is 66.7 Å². The van der Waals surface area contributed by atoms with Gasteiger partial charge < -0.3 is 15.5 Å². The molecule has 4 rings (SSSR count). The number of H-pyrrole nitrogens is 1. The molecule has 0 unspecified atom stereocenters. The number of hydrogen-bond acceptors (Lipinski definition) is 6. The second kappa shape index (κ2) is 8.36. The van der Waals surface area contributed by atoms with Gasteiger partial charge >= 0.3 is 0 Å². The maximum Gasteiger partial charge on any atom is 0.224 e. The number of aromatic amines is 1. The van der Waals surface area contributed by atoms with Gasteiger partial charge in [0, 0.05) is 31.9 Å². The lowest BCUT2D eigenvalue weighted by atomic mass is 10.1. The molecule has 0 atom stereocenters. The first-order valence-corrected chi connectivity index (χ1v) is 9.77. The van der Waals surface area contributed by atoms with Crippen LogP contribution in [0.5, 0.6) is 0 Å². The molecule has 30 heavy (non-hydrogen) atoms. The molecule has 1 aromatic carbocycles. The van der Waals surface area contributed by atoms with Crippen molar-refractivity contribution < 1.29 is 4.39 Å². The van der Waals surface area contributed by atoms with E-state index in [4.69, 9.17) is 5.73 Å². The molecule has 7 nitrogen and oxygen atoms in total. The Morgan fingerprint density at radius 1 is 1.27 bits per heavy atom. The van der Waals surface area contributed by atoms with Gasteiger partial charge in [0.15, 0.2) is 5.65 Å². The summed E-state index contributed by atoms with van der Waals surface area (Å²) in [7, 11) is 0. The van der Waals surface area contributed by atoms with Crippen LogP contribution in [0.2, 0.25) is 0 Å². The summed E-state index contributed by atoms with van der Waals surface area (Å²) in [5.74, 6) is 0.522. The summed E-state index contributed by atoms with van der Waals surface area (Å²) < 4.78 is 13.1. The summed E-state index contributed by atoms with van der Waals surface area (Å²) >= 11 is 0. The highest BCUT2D eigenvalue weighted by Crippen LogP contribution is 2.30. The number of para-hydroxylation sites is 1. The number of nitrogens with one attached hydrogen (secondary N) is 1. The predicted octanol–water partition coefficient (Wildman–Crippen LogP) is 3.75. The van der Waals surface area contributed by atoms with Crippen LogP contribution < -0.4 is 15.5 Å². The Hall–Kier alpha value is -3.68. The van der Waals surface area contributed by atoms with Crippen LogP contribution in [0.4, 0.5) is 21.8 Å². The second-order valence-corrected chi connectivity index (χ2v) is 7.15. The van der Waals surface area contributed by atoms with E-state index in [1.807, 2.05) is 25.1 Å². The normalized spacial score (nSPS) is 14.9. The van der Waals surface area contributed by atoms with Gasteiger partial charge in [-0.1, -0.05) is 36.9 Å². The fourth-order valence-corrected chi connectivity index (χ4v) is 3.68. The minimum Gasteiger partial charge on any atom is -0.368 e. The number of aromatic nitrogens is 4. The number of hydrogen-bond donors (Lipinski definition) is 2. The van der Waals surface area contributed by atoms with Crippen molar-refractivity contribution in [2.24, 2.45) is 0 Å². The highest BCUT2D eigenvalue weighted by molar-refractivity contribution is 5.87. The second-order valence-electron chi connectivity index (χ2n) is 7.15. The van der Waals surface area contributed by atoms with Crippen LogP contribution in [0, 0.1) is 0 Å². The lowest BCUT2D eigenvalue weighted by Crippen LogP contribution is -2.33. The van der Waals surface area contributed by atoms with E-state index in [9.17, 15) is 4.39 Å². The smallest absolute Gasteiger partial charge is 0.224 e. The molecule has 8 heteroatoms. The molecule has 0 radical (unpaired) electrons. The van der Waals surface area contributed by atoms with E-state index in [-0.39, 0.29) is 5.95 Å². The topological polar surface area (TPSA) is 87.0 Å². The average molecular weight is 405 g/mol. The summed E-state index contributed by atoms with van der Waals surface area (Å²) in [5.41, 5.74) is 9.90. The molecule has 2 aromatic heterocycles. The monoisotopic (exact) mass is 405 g/mol. The number of anilines is 3. The summed E-state index contributed by atoms with van der Waals surface area (Å²) in [6, 6.07) is 8.30. The highest BCUT2D eigenvalue weighted by atomic mass is 19.1. The molecule has 0 spiro atoms. The van der Waals surface area contributed by atoms with Crippen molar-refractivity contribution in [2.45, 2.75) is 13.5 Å². The SMILES string of the molecule is C=C(F)C=CC(=CC)CN1CCN(c2nc(N)nc3[nH]ncc23)Cc2ccccc21. The van der Waals surface area contributed by atoms with Gasteiger partial charge in [-0.3, -0.25) is 5.10 Å². The van der Waals surface area contributed by atoms with Crippen molar-refractivity contribution in [1.82, 2.24) is 20.2 Å². The number of rotatable bonds is 5. The number of nitrogens with zero attached hydrogens (tertiary/aromatic N) is 5. The molecule has 154 valence electrons. The van der Waals surface area contributed by atoms with Gasteiger partial charge in [-0.2, -0.15) is 15.1 Å². The maximum absolute atomic E-state index is 13.1. The van der Waals surface area contributed by atoms with Crippen LogP contribution in [0.25, 0.3) is 11.0 Å². The van der Waals surface area contributed by atoms with Gasteiger partial charge in [0.25, 0.3) is 0 Å². The minimum absolute atomic E-state index is 0.212. The zero-order valence-corrected chi connectivity index (χ0v) is 16.8. The molecular weight excluding hydrogens is 381 g/mol. The van der Waals surface area contributed by atoms with E-state index in [1.54, 1.807) is 12.3 Å². The van der Waals surface area contributed by atoms with Crippen molar-refractivity contribution in [1.29, 1.82) is 0 Å². The van der Waals surface area contributed by atoms with E-state index in [0.29, 0.717) is 18.7 Å². The first kappa shape index (κ1) is 19.6. The number of nitrogens with two attached hydrogens (primary N) is 1. The predicted molar refractivity (Wildman–Crippen MR) is 119 cm³/mol. The summed E-state index contributed by atoms with van der Waals surface area (Å²) in [6.07, 6.45) is 6.88. The minimum atomic E-state index is -0.456. The molecule has 3 N–H and O–H groups in total. The Balaban J connectivity index is 1.67. The first-order chi connectivity index (χ1) is 14.5. The summed E-state index contributed by atoms with van der Waals surface area (Å²) in [5, 5.41) is 7.80. The molecule has 3 heterocycles. The zero-order chi connectivity index (χ0) is 21.1. The van der Waals surface area contributed by atoms with Crippen LogP contribution in [-0.4, -0.2) is 39.8 Å². The number of fused-ring (bicyclic) bond motifs is 2. The maximum atomic E-state index is 13.1. The molecule has 0 fully saturated rings. The number of nitrogen functional groups attached to an aromatic ring is 1. The fraction of sp³-hybridized carbons (Fsp3) is 0.227. The van der Waals surface area contributed by atoms with Gasteiger partial charge in [-0.25, -0.2) is 4.39 Å². The van der Waals surface area contributed by atoms with Gasteiger partial charge in [-0.05, 0) is 30.2 Å². The Kier molecular flexibility index (Phi) is 5.47. The van der Waals surface area contributed by atoms with Crippen molar-refractivity contribution in [3.63, 3.8) is 0 Å². The first-order valence-electron chi connectivity index (χ1n) is 9.77. The van der Waals surface area contributed by atoms with Gasteiger partial charge in [0.1, 0.15) is 11.6 Å². The lowest BCUT2D eigenvalue weighted by molar-refractivity contribution is 0.671. The number of allylic oxidation sites excluding steroid dienone is 3. The van der Waals surface area contributed by atoms with E-state index in [1.165, 1.54) is 11.6 Å². The molecule has 0 aliphatic carbocycles. The molecule has 1 aliphatic heterocycles. The van der Waals surface area contributed by atoms with Crippen LogP contribution in [0.1, 0.15) is 12.5 Å². The summed E-state index contributed by atoms with van der Waals surface area (Å²) in [4.78, 5) is 13.2. The van der Waals surface area contributed by atoms with E-state index in [0.717, 1.165) is 35.6 Å². The molecular formula is C22H24FN7. The van der Waals surface area contributed by atoms with Gasteiger partial charge in [0.05, 0.1) is 11.6 Å². The number of halogens is 1. The fourth-order valence-electron chi connectivity index (χ4n) is 3.68. The van der Waals surface area contributed by atoms with Gasteiger partial charge in [-0.15, -0.1) is 0 Å². The highest BCUT2D eigenvalue weighted by Gasteiger charge is 2.23. The van der Waals surface area contributed by atoms with Crippen molar-refractivity contribution >= 4 is 28.5 Å². The van der Waals surface area contributed by atoms with Crippen molar-refractivity contribution in [3.05, 3.63) is 72.2 Å². The van der Waals surface area contributed by atoms with Crippen LogP contribution >= 0.6 is 0 Å². The average Bonchev–Trinajstić information content (AvgIpc) is 3.12. The molecule has 1 aliphatic rings. The Morgan fingerprint density at radius 3 is 2.90 bits per heavy atom. The lowest BCUT2D eigenvalue weighted by Gasteiger charge is -2.25. The zero-order valence-electron chi connectivity index (χ0n) is 16.8. The van der Waals surface area contributed by atoms with Crippen molar-refractivity contribution in [2.75, 3.05) is 35.2 Å². The Labute approximate surface area is 174 Å². The van der Waals surface area contributed by atoms with E-state index >= 15 is 0 Å². The standard InChI is InChI=1S/C22H24FN7/c1-3-16(9-8-15(2)23)13-29-10-11-30(14-17-6-4-5-7-19(17)29)21-18-12-25-28-20(18)26-22(24)27-21/h3-9,12H,2,10-11,13-14H2,1H3,(H3,24,25,26,27,28). The van der Waals surface area contributed by atoms with Crippen molar-refractivity contribution in [3.8, 4) is 0 Å². The third kappa shape index (κ3) is 4.03. The summed E-state index contributed by atoms with van der Waals surface area (Å²) in [6.45, 7) is 8.11. The molecule has 0 saturated heterocycles. The number of benzene rings is 1. The third-order valence-corrected chi connectivity index (χ3v) is 5.16. The van der Waals surface area contributed by atoms with Crippen LogP contribution in [-0.2, 0) is 6.54 Å². The molecule has 3 aromatic rings. The molecule has 0 saturated carbocycles. The van der Waals surface area contributed by atoms with Gasteiger partial charge in [0.2, 0.25) is 5.95 Å². The largest absolute Gasteiger partial charge is 0.368 e. The van der Waals surface area contributed by atoms with E-state index < -0.39 is 5.83 Å². The Morgan fingerprint density at radius 2 is 2.10 bits per heavy atom. The van der Waals surface area contributed by atoms with Crippen LogP contribution in [0.3, 0.4) is 0 Å². The quantitative estimate of drug-likeness (QED) is 0.629. The Bertz CT molecular complexity index is 1130. The molecule has 0 amide bonds.